The second-order valence-electron chi connectivity index (χ2n) is 11.1. The van der Waals surface area contributed by atoms with E-state index in [0.29, 0.717) is 40.8 Å². The van der Waals surface area contributed by atoms with E-state index < -0.39 is 15.6 Å². The van der Waals surface area contributed by atoms with Gasteiger partial charge in [-0.15, -0.1) is 0 Å². The van der Waals surface area contributed by atoms with Gasteiger partial charge in [-0.2, -0.15) is 0 Å². The Hall–Kier alpha value is -4.38. The molecule has 2 aromatic heterocycles. The van der Waals surface area contributed by atoms with Gasteiger partial charge in [-0.05, 0) is 54.6 Å². The van der Waals surface area contributed by atoms with Crippen LogP contribution in [0.4, 0.5) is 11.4 Å². The van der Waals surface area contributed by atoms with E-state index in [9.17, 15) is 8.42 Å². The first-order chi connectivity index (χ1) is 21.9. The summed E-state index contributed by atoms with van der Waals surface area (Å²) in [4.78, 5) is 13.5. The van der Waals surface area contributed by atoms with Gasteiger partial charge in [0, 0.05) is 78.1 Å². The minimum Gasteiger partial charge on any atom is -0.497 e. The van der Waals surface area contributed by atoms with Crippen molar-refractivity contribution in [3.63, 3.8) is 0 Å². The number of pyridine rings is 2. The van der Waals surface area contributed by atoms with Crippen molar-refractivity contribution in [2.75, 3.05) is 56.1 Å². The van der Waals surface area contributed by atoms with E-state index in [1.165, 1.54) is 4.31 Å². The van der Waals surface area contributed by atoms with Crippen LogP contribution in [0.5, 0.6) is 11.5 Å². The normalized spacial score (nSPS) is 18.6. The monoisotopic (exact) mass is 641 g/mol. The summed E-state index contributed by atoms with van der Waals surface area (Å²) in [5, 5.41) is 1.27. The molecule has 1 saturated heterocycles. The molecular weight excluding hydrogens is 610 g/mol. The third-order valence-electron chi connectivity index (χ3n) is 8.91. The Morgan fingerprint density at radius 3 is 2.36 bits per heavy atom. The molecular formula is C34H32ClN5O4S. The Morgan fingerprint density at radius 2 is 1.60 bits per heavy atom. The van der Waals surface area contributed by atoms with E-state index >= 15 is 0 Å². The zero-order valence-corrected chi connectivity index (χ0v) is 26.5. The van der Waals surface area contributed by atoms with Crippen molar-refractivity contribution in [1.29, 1.82) is 0 Å². The fraction of sp³-hybridized carbons (Fsp3) is 0.235. The smallest absolute Gasteiger partial charge is 0.266 e. The number of anilines is 2. The number of methoxy groups -OCH3 is 2. The van der Waals surface area contributed by atoms with Crippen LogP contribution in [0.25, 0.3) is 10.9 Å². The van der Waals surface area contributed by atoms with Gasteiger partial charge in [0.1, 0.15) is 16.4 Å². The summed E-state index contributed by atoms with van der Waals surface area (Å²) in [6.07, 6.45) is 5.21. The van der Waals surface area contributed by atoms with Crippen LogP contribution in [0.1, 0.15) is 11.1 Å². The first kappa shape index (κ1) is 29.3. The van der Waals surface area contributed by atoms with Crippen molar-refractivity contribution in [3.8, 4) is 11.5 Å². The lowest BCUT2D eigenvalue weighted by atomic mass is 9.81. The van der Waals surface area contributed by atoms with Gasteiger partial charge in [0.25, 0.3) is 10.0 Å². The van der Waals surface area contributed by atoms with Crippen LogP contribution < -0.4 is 18.7 Å². The molecule has 0 N–H and O–H groups in total. The van der Waals surface area contributed by atoms with Gasteiger partial charge in [-0.25, -0.2) is 8.42 Å². The highest BCUT2D eigenvalue weighted by Gasteiger charge is 2.53. The molecule has 11 heteroatoms. The molecule has 1 fully saturated rings. The molecule has 7 rings (SSSR count). The third kappa shape index (κ3) is 4.84. The van der Waals surface area contributed by atoms with Gasteiger partial charge in [-0.1, -0.05) is 29.8 Å². The quantitative estimate of drug-likeness (QED) is 0.228. The molecule has 1 unspecified atom stereocenters. The molecule has 0 spiro atoms. The van der Waals surface area contributed by atoms with Crippen LogP contribution in [0.15, 0.2) is 102 Å². The molecule has 3 aromatic carbocycles. The number of fused-ring (bicyclic) bond motifs is 2. The fourth-order valence-electron chi connectivity index (χ4n) is 6.77. The lowest BCUT2D eigenvalue weighted by Crippen LogP contribution is -2.58. The van der Waals surface area contributed by atoms with Crippen LogP contribution in [0.3, 0.4) is 0 Å². The number of nitrogens with zero attached hydrogens (tertiary/aromatic N) is 5. The number of para-hydroxylation sites is 1. The number of sulfonamides is 1. The van der Waals surface area contributed by atoms with Gasteiger partial charge in [0.05, 0.1) is 37.5 Å². The molecule has 45 heavy (non-hydrogen) atoms. The minimum atomic E-state index is -4.08. The number of hydrogen-bond acceptors (Lipinski definition) is 8. The minimum absolute atomic E-state index is 0.117. The van der Waals surface area contributed by atoms with Crippen LogP contribution in [0, 0.1) is 0 Å². The number of piperazine rings is 1. The maximum absolute atomic E-state index is 14.8. The molecule has 9 nitrogen and oxygen atoms in total. The van der Waals surface area contributed by atoms with Gasteiger partial charge < -0.3 is 14.4 Å². The summed E-state index contributed by atoms with van der Waals surface area (Å²) in [5.41, 5.74) is 2.81. The molecule has 5 aromatic rings. The lowest BCUT2D eigenvalue weighted by Gasteiger charge is -2.47. The first-order valence-corrected chi connectivity index (χ1v) is 16.5. The van der Waals surface area contributed by atoms with Crippen molar-refractivity contribution < 1.29 is 17.9 Å². The second kappa shape index (κ2) is 11.5. The van der Waals surface area contributed by atoms with Gasteiger partial charge in [-0.3, -0.25) is 19.2 Å². The predicted molar refractivity (Wildman–Crippen MR) is 176 cm³/mol. The largest absolute Gasteiger partial charge is 0.497 e. The van der Waals surface area contributed by atoms with E-state index in [1.54, 1.807) is 63.1 Å². The average molecular weight is 642 g/mol. The van der Waals surface area contributed by atoms with Gasteiger partial charge in [0.2, 0.25) is 0 Å². The lowest BCUT2D eigenvalue weighted by molar-refractivity contribution is 0.125. The van der Waals surface area contributed by atoms with Crippen molar-refractivity contribution in [1.82, 2.24) is 14.9 Å². The highest BCUT2D eigenvalue weighted by molar-refractivity contribution is 7.93. The van der Waals surface area contributed by atoms with E-state index in [0.717, 1.165) is 35.3 Å². The molecule has 0 aliphatic carbocycles. The van der Waals surface area contributed by atoms with Gasteiger partial charge >= 0.3 is 0 Å². The summed E-state index contributed by atoms with van der Waals surface area (Å²) in [6.45, 7) is 2.91. The van der Waals surface area contributed by atoms with Crippen molar-refractivity contribution in [2.45, 2.75) is 10.4 Å². The zero-order chi connectivity index (χ0) is 31.2. The summed E-state index contributed by atoms with van der Waals surface area (Å²) in [7, 11) is -0.844. The average Bonchev–Trinajstić information content (AvgIpc) is 3.44. The van der Waals surface area contributed by atoms with Crippen LogP contribution in [0.2, 0.25) is 5.02 Å². The Kier molecular flexibility index (Phi) is 7.51. The zero-order valence-electron chi connectivity index (χ0n) is 24.9. The Morgan fingerprint density at radius 1 is 0.822 bits per heavy atom. The van der Waals surface area contributed by atoms with E-state index in [1.807, 2.05) is 48.5 Å². The van der Waals surface area contributed by atoms with Crippen LogP contribution in [-0.4, -0.2) is 70.2 Å². The summed E-state index contributed by atoms with van der Waals surface area (Å²) < 4.78 is 42.6. The van der Waals surface area contributed by atoms with Crippen LogP contribution in [-0.2, 0) is 15.6 Å². The Labute approximate surface area is 267 Å². The molecule has 2 aliphatic rings. The van der Waals surface area contributed by atoms with Gasteiger partial charge in [0.15, 0.2) is 0 Å². The standard InChI is InChI=1S/C34H32ClN5O4S/c1-43-27-9-10-28(31(22-27)44-2)34(39-19-17-38(18-20-39)26-12-15-36-16-13-26)23-40(30-11-8-25(35)21-29(30)34)45(41,42)32-7-3-5-24-6-4-14-37-33(24)32/h3-16,21-22H,17-20,23H2,1-2H3. The topological polar surface area (TPSA) is 88.1 Å². The highest BCUT2D eigenvalue weighted by atomic mass is 35.5. The number of halogens is 1. The van der Waals surface area contributed by atoms with Crippen LogP contribution >= 0.6 is 11.6 Å². The summed E-state index contributed by atoms with van der Waals surface area (Å²) in [5.74, 6) is 1.24. The molecule has 0 amide bonds. The Bertz CT molecular complexity index is 1980. The molecule has 4 heterocycles. The third-order valence-corrected chi connectivity index (χ3v) is 10.9. The molecule has 0 radical (unpaired) electrons. The first-order valence-electron chi connectivity index (χ1n) is 14.7. The molecule has 0 saturated carbocycles. The van der Waals surface area contributed by atoms with Crippen molar-refractivity contribution >= 4 is 43.9 Å². The van der Waals surface area contributed by atoms with Crippen molar-refractivity contribution in [3.05, 3.63) is 114 Å². The van der Waals surface area contributed by atoms with Crippen molar-refractivity contribution in [2.24, 2.45) is 0 Å². The number of ether oxygens (including phenoxy) is 2. The van der Waals surface area contributed by atoms with E-state index in [4.69, 9.17) is 21.1 Å². The van der Waals surface area contributed by atoms with E-state index in [-0.39, 0.29) is 11.4 Å². The Balaban J connectivity index is 1.41. The van der Waals surface area contributed by atoms with E-state index in [2.05, 4.69) is 19.8 Å². The number of rotatable bonds is 7. The molecule has 0 bridgehead atoms. The SMILES string of the molecule is COc1ccc(C2(N3CCN(c4ccncc4)CC3)CN(S(=O)(=O)c3cccc4cccnc34)c3ccc(Cl)cc32)c(OC)c1. The fourth-order valence-corrected chi connectivity index (χ4v) is 8.62. The number of benzene rings is 3. The maximum Gasteiger partial charge on any atom is 0.266 e. The highest BCUT2D eigenvalue weighted by Crippen LogP contribution is 2.53. The predicted octanol–water partition coefficient (Wildman–Crippen LogP) is 5.58. The number of aromatic nitrogens is 2. The summed E-state index contributed by atoms with van der Waals surface area (Å²) >= 11 is 6.70. The summed E-state index contributed by atoms with van der Waals surface area (Å²) in [6, 6.07) is 24.1. The maximum atomic E-state index is 14.8. The number of hydrogen-bond donors (Lipinski definition) is 0. The molecule has 2 aliphatic heterocycles. The molecule has 1 atom stereocenters. The second-order valence-corrected chi connectivity index (χ2v) is 13.4. The molecule has 230 valence electrons.